The van der Waals surface area contributed by atoms with Gasteiger partial charge in [0, 0.05) is 25.7 Å². The fraction of sp³-hybridized carbons (Fsp3) is 1.00. The van der Waals surface area contributed by atoms with Gasteiger partial charge in [-0.15, -0.1) is 0 Å². The van der Waals surface area contributed by atoms with Gasteiger partial charge in [0.05, 0.1) is 0 Å². The summed E-state index contributed by atoms with van der Waals surface area (Å²) in [5.74, 6) is 0.700. The van der Waals surface area contributed by atoms with E-state index in [0.29, 0.717) is 18.6 Å². The fourth-order valence-electron chi connectivity index (χ4n) is 2.19. The van der Waals surface area contributed by atoms with Crippen LogP contribution in [-0.2, 0) is 0 Å². The summed E-state index contributed by atoms with van der Waals surface area (Å²) in [6.07, 6.45) is 3.33. The number of likely N-dealkylation sites (tertiary alicyclic amines) is 1. The lowest BCUT2D eigenvalue weighted by Crippen LogP contribution is -2.38. The van der Waals surface area contributed by atoms with Gasteiger partial charge in [0.15, 0.2) is 0 Å². The average Bonchev–Trinajstić information content (AvgIpc) is 2.56. The van der Waals surface area contributed by atoms with Crippen LogP contribution in [-0.4, -0.2) is 42.3 Å². The van der Waals surface area contributed by atoms with Crippen LogP contribution in [0.25, 0.3) is 0 Å². The van der Waals surface area contributed by atoms with Crippen molar-refractivity contribution in [3.8, 4) is 0 Å². The Balaban J connectivity index is 2.30. The van der Waals surface area contributed by atoms with Gasteiger partial charge in [0.2, 0.25) is 0 Å². The molecule has 0 spiro atoms. The highest BCUT2D eigenvalue weighted by atomic mass is 16.3. The molecule has 1 aliphatic rings. The zero-order valence-electron chi connectivity index (χ0n) is 8.58. The highest BCUT2D eigenvalue weighted by Gasteiger charge is 2.25. The van der Waals surface area contributed by atoms with E-state index in [-0.39, 0.29) is 0 Å². The topological polar surface area (TPSA) is 49.5 Å². The molecule has 2 unspecified atom stereocenters. The minimum atomic E-state index is 0.331. The molecule has 1 heterocycles. The van der Waals surface area contributed by atoms with E-state index in [0.717, 1.165) is 25.9 Å². The van der Waals surface area contributed by atoms with Crippen molar-refractivity contribution in [1.82, 2.24) is 4.90 Å². The number of rotatable bonds is 5. The van der Waals surface area contributed by atoms with Crippen molar-refractivity contribution in [1.29, 1.82) is 0 Å². The second-order valence-electron chi connectivity index (χ2n) is 3.96. The van der Waals surface area contributed by atoms with E-state index in [2.05, 4.69) is 11.8 Å². The van der Waals surface area contributed by atoms with Gasteiger partial charge in [-0.05, 0) is 31.7 Å². The first-order valence-electron chi connectivity index (χ1n) is 5.36. The quantitative estimate of drug-likeness (QED) is 0.654. The Morgan fingerprint density at radius 2 is 2.38 bits per heavy atom. The maximum atomic E-state index is 8.82. The van der Waals surface area contributed by atoms with Crippen LogP contribution >= 0.6 is 0 Å². The minimum absolute atomic E-state index is 0.331. The van der Waals surface area contributed by atoms with Crippen molar-refractivity contribution < 1.29 is 5.11 Å². The highest BCUT2D eigenvalue weighted by molar-refractivity contribution is 4.81. The van der Waals surface area contributed by atoms with Crippen molar-refractivity contribution in [2.75, 3.05) is 26.2 Å². The molecule has 0 aromatic heterocycles. The number of aliphatic hydroxyl groups is 1. The first-order valence-corrected chi connectivity index (χ1v) is 5.36. The zero-order chi connectivity index (χ0) is 9.68. The predicted octanol–water partition coefficient (Wildman–Crippen LogP) is 0.428. The monoisotopic (exact) mass is 186 g/mol. The van der Waals surface area contributed by atoms with Crippen molar-refractivity contribution >= 4 is 0 Å². The van der Waals surface area contributed by atoms with Crippen LogP contribution in [0.4, 0.5) is 0 Å². The summed E-state index contributed by atoms with van der Waals surface area (Å²) in [6.45, 7) is 5.59. The Kier molecular flexibility index (Phi) is 4.70. The van der Waals surface area contributed by atoms with Crippen LogP contribution in [0, 0.1) is 5.92 Å². The van der Waals surface area contributed by atoms with Crippen molar-refractivity contribution in [2.24, 2.45) is 11.7 Å². The Morgan fingerprint density at radius 1 is 1.62 bits per heavy atom. The van der Waals surface area contributed by atoms with E-state index in [4.69, 9.17) is 10.8 Å². The van der Waals surface area contributed by atoms with Crippen LogP contribution < -0.4 is 5.73 Å². The van der Waals surface area contributed by atoms with Gasteiger partial charge in [0.1, 0.15) is 0 Å². The SMILES string of the molecule is CCC(CN)N1CCC(CCO)C1. The summed E-state index contributed by atoms with van der Waals surface area (Å²) in [6, 6.07) is 0.559. The van der Waals surface area contributed by atoms with Gasteiger partial charge in [-0.25, -0.2) is 0 Å². The largest absolute Gasteiger partial charge is 0.396 e. The second kappa shape index (κ2) is 5.58. The van der Waals surface area contributed by atoms with Crippen LogP contribution in [0.1, 0.15) is 26.2 Å². The second-order valence-corrected chi connectivity index (χ2v) is 3.96. The number of nitrogens with two attached hydrogens (primary N) is 1. The predicted molar refractivity (Wildman–Crippen MR) is 54.5 cm³/mol. The summed E-state index contributed by atoms with van der Waals surface area (Å²) < 4.78 is 0. The van der Waals surface area contributed by atoms with E-state index in [1.54, 1.807) is 0 Å². The van der Waals surface area contributed by atoms with Gasteiger partial charge >= 0.3 is 0 Å². The molecule has 78 valence electrons. The Hall–Kier alpha value is -0.120. The molecule has 1 rings (SSSR count). The molecule has 0 amide bonds. The molecule has 3 heteroatoms. The lowest BCUT2D eigenvalue weighted by atomic mass is 10.1. The third kappa shape index (κ3) is 2.93. The number of nitrogens with zero attached hydrogens (tertiary/aromatic N) is 1. The maximum absolute atomic E-state index is 8.82. The van der Waals surface area contributed by atoms with Gasteiger partial charge in [0.25, 0.3) is 0 Å². The van der Waals surface area contributed by atoms with Gasteiger partial charge < -0.3 is 10.8 Å². The maximum Gasteiger partial charge on any atom is 0.0434 e. The number of hydrogen-bond acceptors (Lipinski definition) is 3. The average molecular weight is 186 g/mol. The molecule has 3 nitrogen and oxygen atoms in total. The summed E-state index contributed by atoms with van der Waals surface area (Å²) >= 11 is 0. The van der Waals surface area contributed by atoms with Gasteiger partial charge in [-0.2, -0.15) is 0 Å². The molecule has 1 saturated heterocycles. The molecule has 0 bridgehead atoms. The Morgan fingerprint density at radius 3 is 2.92 bits per heavy atom. The molecular weight excluding hydrogens is 164 g/mol. The van der Waals surface area contributed by atoms with Crippen LogP contribution in [0.3, 0.4) is 0 Å². The third-order valence-electron chi connectivity index (χ3n) is 3.11. The van der Waals surface area contributed by atoms with Gasteiger partial charge in [-0.1, -0.05) is 6.92 Å². The Bertz CT molecular complexity index is 137. The number of hydrogen-bond donors (Lipinski definition) is 2. The normalized spacial score (nSPS) is 26.5. The van der Waals surface area contributed by atoms with Gasteiger partial charge in [-0.3, -0.25) is 4.90 Å². The van der Waals surface area contributed by atoms with E-state index < -0.39 is 0 Å². The van der Waals surface area contributed by atoms with E-state index in [1.165, 1.54) is 13.0 Å². The zero-order valence-corrected chi connectivity index (χ0v) is 8.58. The van der Waals surface area contributed by atoms with Crippen molar-refractivity contribution in [3.63, 3.8) is 0 Å². The van der Waals surface area contributed by atoms with Crippen LogP contribution in [0.5, 0.6) is 0 Å². The molecule has 0 aliphatic carbocycles. The lowest BCUT2D eigenvalue weighted by molar-refractivity contribution is 0.217. The van der Waals surface area contributed by atoms with Crippen LogP contribution in [0.2, 0.25) is 0 Å². The molecule has 1 aliphatic heterocycles. The summed E-state index contributed by atoms with van der Waals surface area (Å²) in [4.78, 5) is 2.47. The molecule has 1 fully saturated rings. The minimum Gasteiger partial charge on any atom is -0.396 e. The highest BCUT2D eigenvalue weighted by Crippen LogP contribution is 2.21. The first-order chi connectivity index (χ1) is 6.31. The molecule has 3 N–H and O–H groups in total. The molecule has 13 heavy (non-hydrogen) atoms. The fourth-order valence-corrected chi connectivity index (χ4v) is 2.19. The summed E-state index contributed by atoms with van der Waals surface area (Å²) in [7, 11) is 0. The molecule has 0 aromatic carbocycles. The molecule has 0 radical (unpaired) electrons. The standard InChI is InChI=1S/C10H22N2O/c1-2-10(7-11)12-5-3-9(8-12)4-6-13/h9-10,13H,2-8,11H2,1H3. The molecule has 0 saturated carbocycles. The molecule has 2 atom stereocenters. The summed E-state index contributed by atoms with van der Waals surface area (Å²) in [5, 5.41) is 8.82. The van der Waals surface area contributed by atoms with Crippen LogP contribution in [0.15, 0.2) is 0 Å². The number of aliphatic hydroxyl groups excluding tert-OH is 1. The first kappa shape index (κ1) is 11.0. The smallest absolute Gasteiger partial charge is 0.0434 e. The van der Waals surface area contributed by atoms with Crippen molar-refractivity contribution in [2.45, 2.75) is 32.2 Å². The van der Waals surface area contributed by atoms with E-state index >= 15 is 0 Å². The Labute approximate surface area is 80.9 Å². The summed E-state index contributed by atoms with van der Waals surface area (Å²) in [5.41, 5.74) is 5.69. The molecule has 0 aromatic rings. The lowest BCUT2D eigenvalue weighted by Gasteiger charge is -2.25. The molecular formula is C10H22N2O. The van der Waals surface area contributed by atoms with Crippen molar-refractivity contribution in [3.05, 3.63) is 0 Å². The van der Waals surface area contributed by atoms with E-state index in [1.807, 2.05) is 0 Å². The van der Waals surface area contributed by atoms with E-state index in [9.17, 15) is 0 Å². The third-order valence-corrected chi connectivity index (χ3v) is 3.11.